The second-order valence-corrected chi connectivity index (χ2v) is 8.40. The molecule has 0 bridgehead atoms. The van der Waals surface area contributed by atoms with Crippen LogP contribution in [0.15, 0.2) is 15.7 Å². The fourth-order valence-corrected chi connectivity index (χ4v) is 4.39. The normalized spacial score (nSPS) is 20.1. The van der Waals surface area contributed by atoms with E-state index in [9.17, 15) is 14.4 Å². The summed E-state index contributed by atoms with van der Waals surface area (Å²) in [5, 5.41) is 0.210. The maximum absolute atomic E-state index is 13.6. The largest absolute Gasteiger partial charge is 0.334 e. The predicted octanol–water partition coefficient (Wildman–Crippen LogP) is 2.14. The topological polar surface area (TPSA) is 114 Å². The van der Waals surface area contributed by atoms with Crippen LogP contribution in [0.3, 0.4) is 0 Å². The lowest BCUT2D eigenvalue weighted by Gasteiger charge is -2.38. The Labute approximate surface area is 181 Å². The van der Waals surface area contributed by atoms with E-state index in [-0.39, 0.29) is 35.8 Å². The van der Waals surface area contributed by atoms with Gasteiger partial charge in [0, 0.05) is 36.8 Å². The van der Waals surface area contributed by atoms with Gasteiger partial charge in [-0.3, -0.25) is 19.1 Å². The zero-order chi connectivity index (χ0) is 20.7. The van der Waals surface area contributed by atoms with E-state index in [1.807, 2.05) is 18.7 Å². The second-order valence-electron chi connectivity index (χ2n) is 8.40. The van der Waals surface area contributed by atoms with Crippen molar-refractivity contribution in [3.05, 3.63) is 38.2 Å². The highest BCUT2D eigenvalue weighted by molar-refractivity contribution is 6.05. The summed E-state index contributed by atoms with van der Waals surface area (Å²) in [6.07, 6.45) is 5.57. The Bertz CT molecular complexity index is 1060. The highest BCUT2D eigenvalue weighted by atomic mass is 35.5. The molecule has 1 aliphatic heterocycles. The number of hydrogen-bond donors (Lipinski definition) is 2. The number of hydrogen-bond acceptors (Lipinski definition) is 5. The lowest BCUT2D eigenvalue weighted by molar-refractivity contribution is 0.0585. The molecule has 164 valence electrons. The number of nitrogens with two attached hydrogens (primary N) is 1. The summed E-state index contributed by atoms with van der Waals surface area (Å²) in [5.41, 5.74) is 6.60. The van der Waals surface area contributed by atoms with E-state index >= 15 is 0 Å². The number of piperidine rings is 1. The lowest BCUT2D eigenvalue weighted by Crippen LogP contribution is -2.52. The molecule has 2 aromatic rings. The summed E-state index contributed by atoms with van der Waals surface area (Å²) in [4.78, 5) is 47.7. The summed E-state index contributed by atoms with van der Waals surface area (Å²) in [7, 11) is 0. The van der Waals surface area contributed by atoms with Crippen molar-refractivity contribution in [2.24, 2.45) is 5.73 Å². The highest BCUT2D eigenvalue weighted by Crippen LogP contribution is 2.40. The molecule has 2 aliphatic rings. The molecule has 2 unspecified atom stereocenters. The van der Waals surface area contributed by atoms with Crippen LogP contribution >= 0.6 is 12.4 Å². The van der Waals surface area contributed by atoms with Crippen LogP contribution in [0.25, 0.3) is 11.0 Å². The van der Waals surface area contributed by atoms with Gasteiger partial charge in [0.15, 0.2) is 5.65 Å². The van der Waals surface area contributed by atoms with Gasteiger partial charge >= 0.3 is 5.69 Å². The average Bonchev–Trinajstić information content (AvgIpc) is 3.55. The van der Waals surface area contributed by atoms with E-state index < -0.39 is 11.2 Å². The van der Waals surface area contributed by atoms with E-state index in [1.165, 1.54) is 4.57 Å². The van der Waals surface area contributed by atoms with Gasteiger partial charge in [0.25, 0.3) is 11.5 Å². The minimum absolute atomic E-state index is 0. The number of pyridine rings is 1. The Morgan fingerprint density at radius 3 is 2.67 bits per heavy atom. The van der Waals surface area contributed by atoms with Gasteiger partial charge < -0.3 is 10.6 Å². The zero-order valence-corrected chi connectivity index (χ0v) is 18.3. The van der Waals surface area contributed by atoms with E-state index in [1.54, 1.807) is 6.07 Å². The minimum Gasteiger partial charge on any atom is -0.334 e. The van der Waals surface area contributed by atoms with Gasteiger partial charge in [-0.2, -0.15) is 0 Å². The Balaban J connectivity index is 0.00000256. The maximum Gasteiger partial charge on any atom is 0.329 e. The number of H-pyrrole nitrogens is 1. The van der Waals surface area contributed by atoms with Gasteiger partial charge in [-0.1, -0.05) is 6.92 Å². The summed E-state index contributed by atoms with van der Waals surface area (Å²) in [6, 6.07) is 1.57. The fourth-order valence-electron chi connectivity index (χ4n) is 4.39. The van der Waals surface area contributed by atoms with Crippen LogP contribution in [0, 0.1) is 0 Å². The SMILES string of the molecule is CCCn1c(=O)[nH]c(=O)c2c(C(=O)N3CCCCC3C(C)N)cc(C3CC3)nc21.Cl. The monoisotopic (exact) mass is 435 g/mol. The zero-order valence-electron chi connectivity index (χ0n) is 17.5. The third-order valence-electron chi connectivity index (χ3n) is 6.06. The highest BCUT2D eigenvalue weighted by Gasteiger charge is 2.33. The van der Waals surface area contributed by atoms with Crippen molar-refractivity contribution in [2.45, 2.75) is 76.9 Å². The number of halogens is 1. The summed E-state index contributed by atoms with van der Waals surface area (Å²) in [5.74, 6) is 0.106. The number of nitrogens with zero attached hydrogens (tertiary/aromatic N) is 3. The molecule has 0 radical (unpaired) electrons. The quantitative estimate of drug-likeness (QED) is 0.746. The molecule has 1 saturated heterocycles. The van der Waals surface area contributed by atoms with E-state index in [0.717, 1.165) is 44.2 Å². The van der Waals surface area contributed by atoms with Crippen LogP contribution in [0.4, 0.5) is 0 Å². The first-order chi connectivity index (χ1) is 13.9. The lowest BCUT2D eigenvalue weighted by atomic mass is 9.95. The molecule has 0 spiro atoms. The van der Waals surface area contributed by atoms with E-state index in [4.69, 9.17) is 5.73 Å². The molecule has 0 aromatic carbocycles. The molecule has 1 amide bonds. The van der Waals surface area contributed by atoms with Crippen molar-refractivity contribution in [2.75, 3.05) is 6.54 Å². The van der Waals surface area contributed by atoms with Crippen LogP contribution in [0.2, 0.25) is 0 Å². The van der Waals surface area contributed by atoms with Crippen LogP contribution in [-0.2, 0) is 6.54 Å². The summed E-state index contributed by atoms with van der Waals surface area (Å²) < 4.78 is 1.48. The number of amides is 1. The smallest absolute Gasteiger partial charge is 0.329 e. The predicted molar refractivity (Wildman–Crippen MR) is 118 cm³/mol. The van der Waals surface area contributed by atoms with Gasteiger partial charge in [0.05, 0.1) is 10.9 Å². The van der Waals surface area contributed by atoms with Crippen molar-refractivity contribution < 1.29 is 4.79 Å². The number of nitrogens with one attached hydrogen (secondary N) is 1. The van der Waals surface area contributed by atoms with E-state index in [0.29, 0.717) is 30.2 Å². The third-order valence-corrected chi connectivity index (χ3v) is 6.06. The van der Waals surface area contributed by atoms with Crippen LogP contribution in [-0.4, -0.2) is 44.0 Å². The van der Waals surface area contributed by atoms with Gasteiger partial charge in [-0.05, 0) is 51.5 Å². The van der Waals surface area contributed by atoms with Crippen molar-refractivity contribution in [3.8, 4) is 0 Å². The minimum atomic E-state index is -0.551. The first-order valence-corrected chi connectivity index (χ1v) is 10.7. The first-order valence-electron chi connectivity index (χ1n) is 10.7. The molecule has 3 heterocycles. The molecule has 2 aromatic heterocycles. The van der Waals surface area contributed by atoms with Crippen molar-refractivity contribution >= 4 is 29.3 Å². The number of aromatic amines is 1. The molecule has 30 heavy (non-hydrogen) atoms. The number of aryl methyl sites for hydroxylation is 1. The second kappa shape index (κ2) is 8.89. The van der Waals surface area contributed by atoms with Crippen LogP contribution in [0.1, 0.15) is 74.3 Å². The molecule has 3 N–H and O–H groups in total. The molecular formula is C21H30ClN5O3. The van der Waals surface area contributed by atoms with Gasteiger partial charge in [0.1, 0.15) is 0 Å². The molecule has 8 nitrogen and oxygen atoms in total. The Kier molecular flexibility index (Phi) is 6.67. The number of carbonyl (C=O) groups excluding carboxylic acids is 1. The molecule has 1 saturated carbocycles. The summed E-state index contributed by atoms with van der Waals surface area (Å²) >= 11 is 0. The fraction of sp³-hybridized carbons (Fsp3) is 0.619. The molecule has 1 aliphatic carbocycles. The van der Waals surface area contributed by atoms with E-state index in [2.05, 4.69) is 9.97 Å². The van der Waals surface area contributed by atoms with Crippen molar-refractivity contribution in [3.63, 3.8) is 0 Å². The Morgan fingerprint density at radius 2 is 2.03 bits per heavy atom. The molecular weight excluding hydrogens is 406 g/mol. The standard InChI is InChI=1S/C21H29N5O3.ClH/c1-3-9-26-18-17(19(27)24-21(26)29)14(11-15(23-18)13-7-8-13)20(28)25-10-5-4-6-16(25)12(2)22;/h11-13,16H,3-10,22H2,1-2H3,(H,24,27,29);1H. The van der Waals surface area contributed by atoms with Crippen LogP contribution in [0.5, 0.6) is 0 Å². The molecule has 4 rings (SSSR count). The maximum atomic E-state index is 13.6. The molecule has 2 atom stereocenters. The number of fused-ring (bicyclic) bond motifs is 1. The average molecular weight is 436 g/mol. The van der Waals surface area contributed by atoms with Gasteiger partial charge in [0.2, 0.25) is 0 Å². The molecule has 9 heteroatoms. The summed E-state index contributed by atoms with van der Waals surface area (Å²) in [6.45, 7) is 4.94. The van der Waals surface area contributed by atoms with Crippen molar-refractivity contribution in [1.82, 2.24) is 19.4 Å². The third kappa shape index (κ3) is 4.03. The Morgan fingerprint density at radius 1 is 1.30 bits per heavy atom. The number of likely N-dealkylation sites (tertiary alicyclic amines) is 1. The van der Waals surface area contributed by atoms with Gasteiger partial charge in [-0.15, -0.1) is 12.4 Å². The first kappa shape index (κ1) is 22.5. The van der Waals surface area contributed by atoms with Crippen LogP contribution < -0.4 is 17.0 Å². The number of carbonyl (C=O) groups is 1. The molecule has 2 fully saturated rings. The Hall–Kier alpha value is -2.19. The number of aromatic nitrogens is 3. The number of rotatable bonds is 5. The van der Waals surface area contributed by atoms with Gasteiger partial charge in [-0.25, -0.2) is 9.78 Å². The van der Waals surface area contributed by atoms with Crippen molar-refractivity contribution in [1.29, 1.82) is 0 Å².